The molecule has 1 N–H and O–H groups in total. The van der Waals surface area contributed by atoms with Crippen LogP contribution in [0.4, 0.5) is 10.1 Å². The van der Waals surface area contributed by atoms with E-state index >= 15 is 0 Å². The van der Waals surface area contributed by atoms with Crippen LogP contribution in [0.25, 0.3) is 0 Å². The first-order valence-electron chi connectivity index (χ1n) is 4.80. The molecule has 5 heteroatoms. The van der Waals surface area contributed by atoms with E-state index < -0.39 is 4.92 Å². The highest BCUT2D eigenvalue weighted by atomic mass is 19.1. The quantitative estimate of drug-likeness (QED) is 0.569. The van der Waals surface area contributed by atoms with Gasteiger partial charge in [-0.25, -0.2) is 4.39 Å². The molecule has 2 rings (SSSR count). The van der Waals surface area contributed by atoms with Crippen LogP contribution in [0.1, 0.15) is 24.1 Å². The zero-order chi connectivity index (χ0) is 11.0. The average molecular weight is 210 g/mol. The van der Waals surface area contributed by atoms with Gasteiger partial charge < -0.3 is 5.32 Å². The first-order chi connectivity index (χ1) is 7.11. The van der Waals surface area contributed by atoms with Crippen LogP contribution in [0.3, 0.4) is 0 Å². The SMILES string of the molecule is CC1NCCc2c([N+](=O)[O-])ccc(F)c21. The van der Waals surface area contributed by atoms with Crippen molar-refractivity contribution in [3.05, 3.63) is 39.2 Å². The predicted molar refractivity (Wildman–Crippen MR) is 53.2 cm³/mol. The standard InChI is InChI=1S/C10H11FN2O2/c1-6-10-7(4-5-12-6)9(13(14)15)3-2-8(10)11/h2-3,6,12H,4-5H2,1H3. The summed E-state index contributed by atoms with van der Waals surface area (Å²) in [6, 6.07) is 2.25. The molecule has 1 aliphatic rings. The van der Waals surface area contributed by atoms with Gasteiger partial charge in [0, 0.05) is 29.8 Å². The van der Waals surface area contributed by atoms with Crippen LogP contribution >= 0.6 is 0 Å². The third-order valence-corrected chi connectivity index (χ3v) is 2.73. The van der Waals surface area contributed by atoms with E-state index in [0.29, 0.717) is 24.1 Å². The van der Waals surface area contributed by atoms with Crippen LogP contribution in [0.15, 0.2) is 12.1 Å². The number of hydrogen-bond donors (Lipinski definition) is 1. The molecule has 0 spiro atoms. The molecule has 0 radical (unpaired) electrons. The van der Waals surface area contributed by atoms with E-state index in [4.69, 9.17) is 0 Å². The average Bonchev–Trinajstić information content (AvgIpc) is 2.17. The zero-order valence-corrected chi connectivity index (χ0v) is 8.29. The number of fused-ring (bicyclic) bond motifs is 1. The Kier molecular flexibility index (Phi) is 2.40. The third kappa shape index (κ3) is 1.59. The lowest BCUT2D eigenvalue weighted by Crippen LogP contribution is -2.29. The Hall–Kier alpha value is -1.49. The van der Waals surface area contributed by atoms with Crippen molar-refractivity contribution in [2.24, 2.45) is 0 Å². The van der Waals surface area contributed by atoms with Crippen molar-refractivity contribution < 1.29 is 9.31 Å². The minimum atomic E-state index is -0.448. The first-order valence-corrected chi connectivity index (χ1v) is 4.80. The Balaban J connectivity index is 2.63. The lowest BCUT2D eigenvalue weighted by atomic mass is 9.93. The molecule has 0 fully saturated rings. The Morgan fingerprint density at radius 1 is 1.60 bits per heavy atom. The maximum absolute atomic E-state index is 13.5. The summed E-state index contributed by atoms with van der Waals surface area (Å²) in [5, 5.41) is 13.8. The van der Waals surface area contributed by atoms with Crippen molar-refractivity contribution in [2.45, 2.75) is 19.4 Å². The Bertz CT molecular complexity index is 420. The highest BCUT2D eigenvalue weighted by Crippen LogP contribution is 2.32. The van der Waals surface area contributed by atoms with E-state index in [2.05, 4.69) is 5.32 Å². The fourth-order valence-corrected chi connectivity index (χ4v) is 2.04. The van der Waals surface area contributed by atoms with Crippen LogP contribution < -0.4 is 5.32 Å². The second-order valence-corrected chi connectivity index (χ2v) is 3.64. The largest absolute Gasteiger partial charge is 0.310 e. The van der Waals surface area contributed by atoms with Crippen LogP contribution in [0, 0.1) is 15.9 Å². The molecule has 0 saturated heterocycles. The van der Waals surface area contributed by atoms with Gasteiger partial charge in [-0.3, -0.25) is 10.1 Å². The number of hydrogen-bond acceptors (Lipinski definition) is 3. The summed E-state index contributed by atoms with van der Waals surface area (Å²) in [4.78, 5) is 10.3. The fraction of sp³-hybridized carbons (Fsp3) is 0.400. The fourth-order valence-electron chi connectivity index (χ4n) is 2.04. The number of rotatable bonds is 1. The number of halogens is 1. The van der Waals surface area contributed by atoms with Crippen molar-refractivity contribution in [3.8, 4) is 0 Å². The topological polar surface area (TPSA) is 55.2 Å². The summed E-state index contributed by atoms with van der Waals surface area (Å²) in [6.45, 7) is 2.46. The third-order valence-electron chi connectivity index (χ3n) is 2.73. The van der Waals surface area contributed by atoms with Crippen LogP contribution in [-0.2, 0) is 6.42 Å². The zero-order valence-electron chi connectivity index (χ0n) is 8.29. The van der Waals surface area contributed by atoms with E-state index in [1.165, 1.54) is 12.1 Å². The summed E-state index contributed by atoms with van der Waals surface area (Å²) in [7, 11) is 0. The van der Waals surface area contributed by atoms with E-state index in [9.17, 15) is 14.5 Å². The predicted octanol–water partition coefficient (Wildman–Crippen LogP) is 1.94. The van der Waals surface area contributed by atoms with Crippen molar-refractivity contribution >= 4 is 5.69 Å². The molecular formula is C10H11FN2O2. The molecular weight excluding hydrogens is 199 g/mol. The normalized spacial score (nSPS) is 19.7. The Morgan fingerprint density at radius 2 is 2.33 bits per heavy atom. The van der Waals surface area contributed by atoms with E-state index in [-0.39, 0.29) is 17.5 Å². The number of nitro groups is 1. The lowest BCUT2D eigenvalue weighted by molar-refractivity contribution is -0.385. The highest BCUT2D eigenvalue weighted by Gasteiger charge is 2.26. The van der Waals surface area contributed by atoms with Crippen molar-refractivity contribution in [1.82, 2.24) is 5.32 Å². The van der Waals surface area contributed by atoms with Gasteiger partial charge in [0.25, 0.3) is 5.69 Å². The van der Waals surface area contributed by atoms with E-state index in [1.807, 2.05) is 6.92 Å². The summed E-state index contributed by atoms with van der Waals surface area (Å²) >= 11 is 0. The molecule has 1 unspecified atom stereocenters. The van der Waals surface area contributed by atoms with Gasteiger partial charge in [-0.05, 0) is 19.4 Å². The lowest BCUT2D eigenvalue weighted by Gasteiger charge is -2.23. The number of nitrogens with one attached hydrogen (secondary N) is 1. The first kappa shape index (κ1) is 10.0. The van der Waals surface area contributed by atoms with E-state index in [1.54, 1.807) is 0 Å². The van der Waals surface area contributed by atoms with Crippen molar-refractivity contribution in [2.75, 3.05) is 6.54 Å². The van der Waals surface area contributed by atoms with Gasteiger partial charge in [0.15, 0.2) is 0 Å². The van der Waals surface area contributed by atoms with Gasteiger partial charge in [-0.2, -0.15) is 0 Å². The second kappa shape index (κ2) is 3.58. The molecule has 15 heavy (non-hydrogen) atoms. The molecule has 80 valence electrons. The van der Waals surface area contributed by atoms with Gasteiger partial charge in [0.1, 0.15) is 5.82 Å². The van der Waals surface area contributed by atoms with Crippen LogP contribution in [0.2, 0.25) is 0 Å². The minimum absolute atomic E-state index is 0.0275. The molecule has 4 nitrogen and oxygen atoms in total. The summed E-state index contributed by atoms with van der Waals surface area (Å²) in [5.74, 6) is -0.365. The van der Waals surface area contributed by atoms with Crippen molar-refractivity contribution in [3.63, 3.8) is 0 Å². The molecule has 1 aromatic carbocycles. The van der Waals surface area contributed by atoms with Gasteiger partial charge >= 0.3 is 0 Å². The molecule has 1 atom stereocenters. The summed E-state index contributed by atoms with van der Waals surface area (Å²) < 4.78 is 13.5. The Morgan fingerprint density at radius 3 is 3.00 bits per heavy atom. The van der Waals surface area contributed by atoms with Crippen LogP contribution in [-0.4, -0.2) is 11.5 Å². The maximum atomic E-state index is 13.5. The Labute approximate surface area is 86.3 Å². The van der Waals surface area contributed by atoms with Gasteiger partial charge in [0.05, 0.1) is 4.92 Å². The molecule has 0 amide bonds. The molecule has 0 aromatic heterocycles. The molecule has 1 aromatic rings. The summed E-state index contributed by atoms with van der Waals surface area (Å²) in [5.41, 5.74) is 1.00. The van der Waals surface area contributed by atoms with E-state index in [0.717, 1.165) is 0 Å². The number of benzene rings is 1. The molecule has 1 heterocycles. The number of nitro benzene ring substituents is 1. The second-order valence-electron chi connectivity index (χ2n) is 3.64. The maximum Gasteiger partial charge on any atom is 0.273 e. The highest BCUT2D eigenvalue weighted by molar-refractivity contribution is 5.48. The summed E-state index contributed by atoms with van der Waals surface area (Å²) in [6.07, 6.45) is 0.508. The van der Waals surface area contributed by atoms with Gasteiger partial charge in [0.2, 0.25) is 0 Å². The molecule has 0 aliphatic carbocycles. The monoisotopic (exact) mass is 210 g/mol. The van der Waals surface area contributed by atoms with Gasteiger partial charge in [-0.15, -0.1) is 0 Å². The molecule has 0 saturated carbocycles. The van der Waals surface area contributed by atoms with Gasteiger partial charge in [-0.1, -0.05) is 0 Å². The smallest absolute Gasteiger partial charge is 0.273 e. The number of nitrogens with zero attached hydrogens (tertiary/aromatic N) is 1. The molecule has 0 bridgehead atoms. The molecule has 1 aliphatic heterocycles. The van der Waals surface area contributed by atoms with Crippen molar-refractivity contribution in [1.29, 1.82) is 0 Å². The minimum Gasteiger partial charge on any atom is -0.310 e. The van der Waals surface area contributed by atoms with Crippen LogP contribution in [0.5, 0.6) is 0 Å².